The molecular formula is C21H26ClNO3. The number of esters is 1. The van der Waals surface area contributed by atoms with Crippen LogP contribution in [-0.2, 0) is 14.3 Å². The lowest BCUT2D eigenvalue weighted by Gasteiger charge is -2.29. The van der Waals surface area contributed by atoms with Crippen LogP contribution in [0.15, 0.2) is 35.5 Å². The number of carbonyl (C=O) groups is 2. The molecule has 0 radical (unpaired) electrons. The van der Waals surface area contributed by atoms with Gasteiger partial charge in [-0.3, -0.25) is 4.79 Å². The van der Waals surface area contributed by atoms with E-state index in [1.807, 2.05) is 18.2 Å². The van der Waals surface area contributed by atoms with Gasteiger partial charge >= 0.3 is 5.97 Å². The number of hydrogen-bond acceptors (Lipinski definition) is 3. The second-order valence-corrected chi connectivity index (χ2v) is 7.64. The molecule has 1 saturated carbocycles. The molecule has 0 saturated heterocycles. The Kier molecular flexibility index (Phi) is 6.36. The number of carbonyl (C=O) groups excluding carboxylic acids is 2. The fourth-order valence-electron chi connectivity index (χ4n) is 3.95. The molecule has 1 fully saturated rings. The summed E-state index contributed by atoms with van der Waals surface area (Å²) in [6.45, 7) is 1.76. The topological polar surface area (TPSA) is 55.4 Å². The summed E-state index contributed by atoms with van der Waals surface area (Å²) in [5.41, 5.74) is 1.90. The van der Waals surface area contributed by atoms with Crippen molar-refractivity contribution in [1.82, 2.24) is 5.32 Å². The third-order valence-electron chi connectivity index (χ3n) is 5.30. The van der Waals surface area contributed by atoms with E-state index in [2.05, 4.69) is 5.32 Å². The van der Waals surface area contributed by atoms with Crippen molar-refractivity contribution in [2.45, 2.75) is 70.3 Å². The minimum absolute atomic E-state index is 0.0346. The van der Waals surface area contributed by atoms with Crippen molar-refractivity contribution in [2.75, 3.05) is 0 Å². The molecule has 2 aliphatic rings. The van der Waals surface area contributed by atoms with Crippen molar-refractivity contribution >= 4 is 23.5 Å². The van der Waals surface area contributed by atoms with Crippen LogP contribution in [-0.4, -0.2) is 18.0 Å². The number of halogens is 1. The Balaban J connectivity index is 1.83. The van der Waals surface area contributed by atoms with Gasteiger partial charge in [-0.2, -0.15) is 0 Å². The molecule has 0 aromatic heterocycles. The number of allylic oxidation sites excluding steroid dienone is 1. The standard InChI is InChI=1S/C21H26ClNO3/c1-14-20(21(25)26-15-9-5-3-2-4-6-10-15)17(13-19(24)23-14)16-11-7-8-12-18(16)22/h7-8,11-12,15,17H,2-6,9-10,13H2,1H3,(H,23,24)/t17-/m0/s1. The first-order chi connectivity index (χ1) is 12.6. The summed E-state index contributed by atoms with van der Waals surface area (Å²) < 4.78 is 5.87. The monoisotopic (exact) mass is 375 g/mol. The van der Waals surface area contributed by atoms with Gasteiger partial charge in [0.25, 0.3) is 0 Å². The van der Waals surface area contributed by atoms with E-state index in [-0.39, 0.29) is 30.3 Å². The first-order valence-corrected chi connectivity index (χ1v) is 9.90. The van der Waals surface area contributed by atoms with E-state index in [4.69, 9.17) is 16.3 Å². The maximum atomic E-state index is 13.0. The predicted octanol–water partition coefficient (Wildman–Crippen LogP) is 4.87. The number of nitrogens with one attached hydrogen (secondary N) is 1. The van der Waals surface area contributed by atoms with E-state index in [1.54, 1.807) is 13.0 Å². The van der Waals surface area contributed by atoms with Gasteiger partial charge in [-0.05, 0) is 44.2 Å². The first-order valence-electron chi connectivity index (χ1n) is 9.52. The zero-order valence-corrected chi connectivity index (χ0v) is 16.0. The molecule has 1 N–H and O–H groups in total. The quantitative estimate of drug-likeness (QED) is 0.766. The van der Waals surface area contributed by atoms with Crippen molar-refractivity contribution in [1.29, 1.82) is 0 Å². The van der Waals surface area contributed by atoms with Crippen LogP contribution in [0.3, 0.4) is 0 Å². The third kappa shape index (κ3) is 4.47. The average molecular weight is 376 g/mol. The normalized spacial score (nSPS) is 22.4. The second-order valence-electron chi connectivity index (χ2n) is 7.24. The molecule has 4 nitrogen and oxygen atoms in total. The highest BCUT2D eigenvalue weighted by Crippen LogP contribution is 2.37. The van der Waals surface area contributed by atoms with Crippen LogP contribution in [0.1, 0.15) is 69.8 Å². The van der Waals surface area contributed by atoms with Crippen molar-refractivity contribution in [3.05, 3.63) is 46.1 Å². The smallest absolute Gasteiger partial charge is 0.336 e. The summed E-state index contributed by atoms with van der Waals surface area (Å²) in [6.07, 6.45) is 7.88. The first kappa shape index (κ1) is 19.0. The van der Waals surface area contributed by atoms with E-state index >= 15 is 0 Å². The highest BCUT2D eigenvalue weighted by molar-refractivity contribution is 6.31. The molecule has 0 spiro atoms. The molecule has 1 aliphatic heterocycles. The number of ether oxygens (including phenoxy) is 1. The summed E-state index contributed by atoms with van der Waals surface area (Å²) in [5.74, 6) is -0.786. The molecule has 3 rings (SSSR count). The average Bonchev–Trinajstić information content (AvgIpc) is 2.56. The largest absolute Gasteiger partial charge is 0.459 e. The van der Waals surface area contributed by atoms with E-state index < -0.39 is 0 Å². The summed E-state index contributed by atoms with van der Waals surface area (Å²) >= 11 is 6.35. The van der Waals surface area contributed by atoms with Crippen LogP contribution in [0.2, 0.25) is 5.02 Å². The number of benzene rings is 1. The Morgan fingerprint density at radius 1 is 1.12 bits per heavy atom. The van der Waals surface area contributed by atoms with Gasteiger partial charge in [0.2, 0.25) is 5.91 Å². The van der Waals surface area contributed by atoms with Gasteiger partial charge < -0.3 is 10.1 Å². The molecule has 1 atom stereocenters. The van der Waals surface area contributed by atoms with Gasteiger partial charge in [0.1, 0.15) is 6.10 Å². The molecule has 1 aromatic carbocycles. The molecule has 1 aromatic rings. The molecule has 0 bridgehead atoms. The van der Waals surface area contributed by atoms with Crippen LogP contribution < -0.4 is 5.32 Å². The van der Waals surface area contributed by atoms with Gasteiger partial charge in [-0.1, -0.05) is 49.1 Å². The molecule has 1 heterocycles. The minimum atomic E-state index is -0.362. The predicted molar refractivity (Wildman–Crippen MR) is 102 cm³/mol. The Morgan fingerprint density at radius 3 is 2.46 bits per heavy atom. The van der Waals surface area contributed by atoms with E-state index in [1.165, 1.54) is 19.3 Å². The summed E-state index contributed by atoms with van der Waals surface area (Å²) in [5, 5.41) is 3.35. The van der Waals surface area contributed by atoms with Gasteiger partial charge in [0.15, 0.2) is 0 Å². The van der Waals surface area contributed by atoms with Crippen LogP contribution in [0.4, 0.5) is 0 Å². The number of rotatable bonds is 3. The minimum Gasteiger partial charge on any atom is -0.459 e. The fourth-order valence-corrected chi connectivity index (χ4v) is 4.21. The lowest BCUT2D eigenvalue weighted by Crippen LogP contribution is -2.35. The summed E-state index contributed by atoms with van der Waals surface area (Å²) in [6, 6.07) is 7.39. The Bertz CT molecular complexity index is 705. The maximum absolute atomic E-state index is 13.0. The second kappa shape index (κ2) is 8.72. The van der Waals surface area contributed by atoms with Crippen LogP contribution in [0.25, 0.3) is 0 Å². The number of hydrogen-bond donors (Lipinski definition) is 1. The molecule has 0 unspecified atom stereocenters. The van der Waals surface area contributed by atoms with Crippen LogP contribution in [0.5, 0.6) is 0 Å². The Hall–Kier alpha value is -1.81. The molecule has 26 heavy (non-hydrogen) atoms. The molecule has 5 heteroatoms. The van der Waals surface area contributed by atoms with E-state index in [0.29, 0.717) is 16.3 Å². The SMILES string of the molecule is CC1=C(C(=O)OC2CCCCCCC2)[C@H](c2ccccc2Cl)CC(=O)N1. The van der Waals surface area contributed by atoms with Gasteiger partial charge in [0.05, 0.1) is 5.57 Å². The summed E-state index contributed by atoms with van der Waals surface area (Å²) in [4.78, 5) is 25.1. The Labute approximate surface area is 159 Å². The Morgan fingerprint density at radius 2 is 1.77 bits per heavy atom. The fraction of sp³-hybridized carbons (Fsp3) is 0.524. The van der Waals surface area contributed by atoms with Crippen molar-refractivity contribution < 1.29 is 14.3 Å². The van der Waals surface area contributed by atoms with E-state index in [0.717, 1.165) is 31.2 Å². The summed E-state index contributed by atoms with van der Waals surface area (Å²) in [7, 11) is 0. The van der Waals surface area contributed by atoms with Gasteiger partial charge in [0, 0.05) is 23.1 Å². The highest BCUT2D eigenvalue weighted by Gasteiger charge is 2.34. The van der Waals surface area contributed by atoms with Crippen molar-refractivity contribution in [3.8, 4) is 0 Å². The molecule has 1 aliphatic carbocycles. The number of amides is 1. The molecule has 140 valence electrons. The molecule has 1 amide bonds. The van der Waals surface area contributed by atoms with Crippen LogP contribution in [0, 0.1) is 0 Å². The lowest BCUT2D eigenvalue weighted by atomic mass is 9.84. The zero-order valence-electron chi connectivity index (χ0n) is 15.2. The highest BCUT2D eigenvalue weighted by atomic mass is 35.5. The van der Waals surface area contributed by atoms with Crippen LogP contribution >= 0.6 is 11.6 Å². The van der Waals surface area contributed by atoms with E-state index in [9.17, 15) is 9.59 Å². The third-order valence-corrected chi connectivity index (χ3v) is 5.64. The lowest BCUT2D eigenvalue weighted by molar-refractivity contribution is -0.145. The van der Waals surface area contributed by atoms with Crippen molar-refractivity contribution in [3.63, 3.8) is 0 Å². The van der Waals surface area contributed by atoms with Crippen molar-refractivity contribution in [2.24, 2.45) is 0 Å². The molecular weight excluding hydrogens is 350 g/mol. The van der Waals surface area contributed by atoms with Gasteiger partial charge in [-0.25, -0.2) is 4.79 Å². The van der Waals surface area contributed by atoms with Gasteiger partial charge in [-0.15, -0.1) is 0 Å². The maximum Gasteiger partial charge on any atom is 0.336 e. The zero-order chi connectivity index (χ0) is 18.5.